The molecule has 1 N–H and O–H groups in total. The first-order valence-corrected chi connectivity index (χ1v) is 9.37. The number of halogens is 1. The average molecular weight is 370 g/mol. The van der Waals surface area contributed by atoms with Crippen molar-refractivity contribution >= 4 is 27.8 Å². The van der Waals surface area contributed by atoms with Crippen LogP contribution in [0.2, 0.25) is 0 Å². The summed E-state index contributed by atoms with van der Waals surface area (Å²) in [6.45, 7) is 1.69. The second kappa shape index (κ2) is 4.96. The van der Waals surface area contributed by atoms with Crippen molar-refractivity contribution in [2.24, 2.45) is 17.3 Å². The van der Waals surface area contributed by atoms with E-state index in [-0.39, 0.29) is 21.6 Å². The zero-order chi connectivity index (χ0) is 15.5. The summed E-state index contributed by atoms with van der Waals surface area (Å²) in [6.07, 6.45) is 7.85. The number of esters is 1. The molecule has 5 saturated carbocycles. The molecule has 5 rings (SSSR count). The lowest BCUT2D eigenvalue weighted by molar-refractivity contribution is -0.176. The van der Waals surface area contributed by atoms with Crippen LogP contribution in [0.25, 0.3) is 0 Å². The molecule has 5 heteroatoms. The summed E-state index contributed by atoms with van der Waals surface area (Å²) in [7, 11) is 0. The molecule has 122 valence electrons. The molecule has 5 aliphatic rings. The van der Waals surface area contributed by atoms with Crippen LogP contribution in [-0.4, -0.2) is 28.3 Å². The third-order valence-corrected chi connectivity index (χ3v) is 6.93. The Morgan fingerprint density at radius 3 is 2.36 bits per heavy atom. The number of hydrogen-bond donors (Lipinski definition) is 1. The SMILES string of the molecule is C[C@@H](OC(=O)C12C[C@@H]3C[C@H](CC(Br)(C3)C1)C2)C(=O)NC1CC1. The molecule has 5 fully saturated rings. The zero-order valence-corrected chi connectivity index (χ0v) is 14.7. The van der Waals surface area contributed by atoms with Gasteiger partial charge in [0, 0.05) is 10.4 Å². The molecule has 0 aromatic heterocycles. The van der Waals surface area contributed by atoms with Gasteiger partial charge in [-0.05, 0) is 70.1 Å². The predicted octanol–water partition coefficient (Wildman–Crippen LogP) is 2.93. The standard InChI is InChI=1S/C17H24BrNO3/c1-10(14(20)19-13-2-3-13)22-15(21)16-5-11-4-12(6-16)8-17(18,7-11)9-16/h10-13H,2-9H2,1H3,(H,19,20)/t10-,11+,12+,16?,17?/m1/s1. The Kier molecular flexibility index (Phi) is 3.37. The molecule has 0 unspecified atom stereocenters. The fourth-order valence-corrected chi connectivity index (χ4v) is 6.73. The quantitative estimate of drug-likeness (QED) is 0.612. The van der Waals surface area contributed by atoms with Gasteiger partial charge in [0.15, 0.2) is 6.10 Å². The molecule has 0 aromatic rings. The summed E-state index contributed by atoms with van der Waals surface area (Å²) in [5.74, 6) is 1.01. The molecule has 3 atom stereocenters. The Bertz CT molecular complexity index is 502. The summed E-state index contributed by atoms with van der Waals surface area (Å²) in [4.78, 5) is 24.9. The number of hydrogen-bond acceptors (Lipinski definition) is 3. The van der Waals surface area contributed by atoms with Crippen molar-refractivity contribution in [3.63, 3.8) is 0 Å². The molecule has 4 nitrogen and oxygen atoms in total. The first-order valence-electron chi connectivity index (χ1n) is 8.58. The number of carbonyl (C=O) groups excluding carboxylic acids is 2. The third-order valence-electron chi connectivity index (χ3n) is 6.00. The zero-order valence-electron chi connectivity index (χ0n) is 13.1. The summed E-state index contributed by atoms with van der Waals surface area (Å²) >= 11 is 3.91. The summed E-state index contributed by atoms with van der Waals surface area (Å²) in [6, 6.07) is 0.305. The molecule has 0 saturated heterocycles. The number of rotatable bonds is 4. The second-order valence-corrected chi connectivity index (χ2v) is 9.90. The van der Waals surface area contributed by atoms with E-state index in [2.05, 4.69) is 21.2 Å². The van der Waals surface area contributed by atoms with Crippen molar-refractivity contribution in [2.45, 2.75) is 74.8 Å². The normalized spacial score (nSPS) is 43.7. The van der Waals surface area contributed by atoms with E-state index in [0.717, 1.165) is 32.1 Å². The van der Waals surface area contributed by atoms with Gasteiger partial charge in [-0.25, -0.2) is 0 Å². The van der Waals surface area contributed by atoms with Gasteiger partial charge in [0.2, 0.25) is 0 Å². The van der Waals surface area contributed by atoms with Gasteiger partial charge in [0.25, 0.3) is 5.91 Å². The lowest BCUT2D eigenvalue weighted by atomic mass is 9.49. The van der Waals surface area contributed by atoms with Crippen LogP contribution >= 0.6 is 15.9 Å². The lowest BCUT2D eigenvalue weighted by Crippen LogP contribution is -2.56. The molecule has 0 heterocycles. The van der Waals surface area contributed by atoms with Crippen molar-refractivity contribution in [2.75, 3.05) is 0 Å². The van der Waals surface area contributed by atoms with Crippen LogP contribution in [0.5, 0.6) is 0 Å². The molecule has 22 heavy (non-hydrogen) atoms. The fourth-order valence-electron chi connectivity index (χ4n) is 5.27. The molecule has 4 bridgehead atoms. The van der Waals surface area contributed by atoms with Crippen LogP contribution in [0.1, 0.15) is 58.3 Å². The number of amides is 1. The first-order chi connectivity index (χ1) is 10.4. The summed E-state index contributed by atoms with van der Waals surface area (Å²) in [5, 5.41) is 2.91. The van der Waals surface area contributed by atoms with E-state index in [0.29, 0.717) is 17.9 Å². The molecule has 5 aliphatic carbocycles. The molecular weight excluding hydrogens is 346 g/mol. The molecule has 0 aliphatic heterocycles. The highest BCUT2D eigenvalue weighted by Crippen LogP contribution is 2.64. The van der Waals surface area contributed by atoms with Gasteiger partial charge in [-0.2, -0.15) is 0 Å². The van der Waals surface area contributed by atoms with E-state index in [1.54, 1.807) is 6.92 Å². The van der Waals surface area contributed by atoms with Crippen LogP contribution in [0.4, 0.5) is 0 Å². The maximum atomic E-state index is 12.8. The number of carbonyl (C=O) groups is 2. The largest absolute Gasteiger partial charge is 0.452 e. The molecule has 0 aromatic carbocycles. The topological polar surface area (TPSA) is 55.4 Å². The number of ether oxygens (including phenoxy) is 1. The highest BCUT2D eigenvalue weighted by molar-refractivity contribution is 9.10. The Balaban J connectivity index is 1.44. The van der Waals surface area contributed by atoms with Crippen LogP contribution in [0.3, 0.4) is 0 Å². The summed E-state index contributed by atoms with van der Waals surface area (Å²) < 4.78 is 5.73. The minimum atomic E-state index is -0.674. The Labute approximate surface area is 139 Å². The van der Waals surface area contributed by atoms with Gasteiger partial charge in [0.1, 0.15) is 0 Å². The van der Waals surface area contributed by atoms with Gasteiger partial charge < -0.3 is 10.1 Å². The Morgan fingerprint density at radius 2 is 1.82 bits per heavy atom. The smallest absolute Gasteiger partial charge is 0.312 e. The molecular formula is C17H24BrNO3. The Hall–Kier alpha value is -0.580. The fraction of sp³-hybridized carbons (Fsp3) is 0.882. The second-order valence-electron chi connectivity index (χ2n) is 8.22. The third kappa shape index (κ3) is 2.59. The predicted molar refractivity (Wildman–Crippen MR) is 85.5 cm³/mol. The van der Waals surface area contributed by atoms with E-state index >= 15 is 0 Å². The van der Waals surface area contributed by atoms with Gasteiger partial charge in [-0.15, -0.1) is 0 Å². The highest BCUT2D eigenvalue weighted by atomic mass is 79.9. The highest BCUT2D eigenvalue weighted by Gasteiger charge is 2.60. The average Bonchev–Trinajstić information content (AvgIpc) is 3.19. The summed E-state index contributed by atoms with van der Waals surface area (Å²) in [5.41, 5.74) is -0.346. The lowest BCUT2D eigenvalue weighted by Gasteiger charge is -2.58. The van der Waals surface area contributed by atoms with Crippen molar-refractivity contribution in [3.05, 3.63) is 0 Å². The van der Waals surface area contributed by atoms with Crippen LogP contribution in [-0.2, 0) is 14.3 Å². The minimum Gasteiger partial charge on any atom is -0.452 e. The number of alkyl halides is 1. The van der Waals surface area contributed by atoms with Crippen molar-refractivity contribution in [1.82, 2.24) is 5.32 Å². The van der Waals surface area contributed by atoms with Crippen LogP contribution < -0.4 is 5.32 Å². The van der Waals surface area contributed by atoms with E-state index < -0.39 is 6.10 Å². The first kappa shape index (κ1) is 15.0. The Morgan fingerprint density at radius 1 is 1.18 bits per heavy atom. The van der Waals surface area contributed by atoms with Crippen molar-refractivity contribution in [1.29, 1.82) is 0 Å². The van der Waals surface area contributed by atoms with E-state index in [4.69, 9.17) is 4.74 Å². The van der Waals surface area contributed by atoms with Gasteiger partial charge >= 0.3 is 5.97 Å². The van der Waals surface area contributed by atoms with Crippen LogP contribution in [0, 0.1) is 17.3 Å². The van der Waals surface area contributed by atoms with Gasteiger partial charge in [-0.3, -0.25) is 9.59 Å². The van der Waals surface area contributed by atoms with Crippen molar-refractivity contribution < 1.29 is 14.3 Å². The molecule has 0 radical (unpaired) electrons. The van der Waals surface area contributed by atoms with Gasteiger partial charge in [-0.1, -0.05) is 15.9 Å². The monoisotopic (exact) mass is 369 g/mol. The van der Waals surface area contributed by atoms with E-state index in [1.165, 1.54) is 19.3 Å². The van der Waals surface area contributed by atoms with Gasteiger partial charge in [0.05, 0.1) is 5.41 Å². The number of nitrogens with one attached hydrogen (secondary N) is 1. The minimum absolute atomic E-state index is 0.135. The maximum Gasteiger partial charge on any atom is 0.312 e. The van der Waals surface area contributed by atoms with Crippen molar-refractivity contribution in [3.8, 4) is 0 Å². The van der Waals surface area contributed by atoms with Crippen LogP contribution in [0.15, 0.2) is 0 Å². The van der Waals surface area contributed by atoms with E-state index in [1.807, 2.05) is 0 Å². The maximum absolute atomic E-state index is 12.8. The van der Waals surface area contributed by atoms with E-state index in [9.17, 15) is 9.59 Å². The molecule has 0 spiro atoms. The molecule has 1 amide bonds.